The summed E-state index contributed by atoms with van der Waals surface area (Å²) >= 11 is 2.83. The number of amides is 1. The molecule has 1 aliphatic carbocycles. The van der Waals surface area contributed by atoms with Crippen molar-refractivity contribution in [2.45, 2.75) is 37.9 Å². The first-order valence-corrected chi connectivity index (χ1v) is 10.7. The summed E-state index contributed by atoms with van der Waals surface area (Å²) in [4.78, 5) is 35.6. The van der Waals surface area contributed by atoms with Crippen molar-refractivity contribution in [1.82, 2.24) is 14.5 Å². The summed E-state index contributed by atoms with van der Waals surface area (Å²) in [6.07, 6.45) is 6.46. The first-order valence-electron chi connectivity index (χ1n) is 8.88. The molecule has 1 unspecified atom stereocenters. The molecule has 3 aromatic heterocycles. The zero-order chi connectivity index (χ0) is 19.0. The smallest absolute Gasteiger partial charge is 0.263 e. The molecule has 0 radical (unpaired) electrons. The molecule has 140 valence electrons. The zero-order valence-electron chi connectivity index (χ0n) is 15.0. The number of fused-ring (bicyclic) bond motifs is 3. The Balaban J connectivity index is 1.86. The van der Waals surface area contributed by atoms with Crippen LogP contribution in [0.1, 0.15) is 29.3 Å². The van der Waals surface area contributed by atoms with Gasteiger partial charge in [0.1, 0.15) is 4.83 Å². The molecule has 0 aromatic carbocycles. The van der Waals surface area contributed by atoms with Crippen molar-refractivity contribution >= 4 is 39.2 Å². The van der Waals surface area contributed by atoms with E-state index in [4.69, 9.17) is 10.7 Å². The number of carbonyl (C=O) groups excluding carboxylic acids is 1. The molecule has 1 aliphatic rings. The van der Waals surface area contributed by atoms with Crippen molar-refractivity contribution in [2.75, 3.05) is 5.75 Å². The summed E-state index contributed by atoms with van der Waals surface area (Å²) in [5.41, 5.74) is 7.35. The second-order valence-corrected chi connectivity index (χ2v) is 8.96. The van der Waals surface area contributed by atoms with Crippen LogP contribution in [0.25, 0.3) is 10.2 Å². The summed E-state index contributed by atoms with van der Waals surface area (Å²) < 4.78 is 1.65. The maximum absolute atomic E-state index is 13.4. The quantitative estimate of drug-likeness (QED) is 0.525. The second kappa shape index (κ2) is 7.44. The minimum atomic E-state index is -0.429. The van der Waals surface area contributed by atoms with Gasteiger partial charge in [-0.1, -0.05) is 24.8 Å². The predicted octanol–water partition coefficient (Wildman–Crippen LogP) is 2.60. The van der Waals surface area contributed by atoms with Crippen LogP contribution in [0.3, 0.4) is 0 Å². The Morgan fingerprint density at radius 1 is 1.48 bits per heavy atom. The van der Waals surface area contributed by atoms with E-state index in [0.717, 1.165) is 40.6 Å². The lowest BCUT2D eigenvalue weighted by Crippen LogP contribution is -2.25. The van der Waals surface area contributed by atoms with E-state index >= 15 is 0 Å². The van der Waals surface area contributed by atoms with Crippen molar-refractivity contribution < 1.29 is 4.79 Å². The van der Waals surface area contributed by atoms with Crippen LogP contribution in [-0.4, -0.2) is 26.2 Å². The molecule has 1 amide bonds. The molecule has 8 heteroatoms. The van der Waals surface area contributed by atoms with Crippen molar-refractivity contribution in [3.63, 3.8) is 0 Å². The Hall–Kier alpha value is -2.19. The van der Waals surface area contributed by atoms with Gasteiger partial charge in [-0.15, -0.1) is 11.3 Å². The molecule has 1 atom stereocenters. The van der Waals surface area contributed by atoms with Crippen LogP contribution >= 0.6 is 23.1 Å². The van der Waals surface area contributed by atoms with Crippen molar-refractivity contribution in [2.24, 2.45) is 11.7 Å². The molecule has 3 aromatic rings. The molecule has 4 rings (SSSR count). The summed E-state index contributed by atoms with van der Waals surface area (Å²) in [6, 6.07) is 3.77. The average molecular weight is 401 g/mol. The maximum Gasteiger partial charge on any atom is 0.263 e. The number of rotatable bonds is 5. The Morgan fingerprint density at radius 2 is 2.33 bits per heavy atom. The fourth-order valence-corrected chi connectivity index (χ4v) is 5.63. The van der Waals surface area contributed by atoms with Gasteiger partial charge >= 0.3 is 0 Å². The Kier molecular flexibility index (Phi) is 5.01. The number of nitrogens with zero attached hydrogens (tertiary/aromatic N) is 3. The molecule has 3 heterocycles. The van der Waals surface area contributed by atoms with Gasteiger partial charge in [0.25, 0.3) is 5.56 Å². The summed E-state index contributed by atoms with van der Waals surface area (Å²) in [6.45, 7) is 2.62. The summed E-state index contributed by atoms with van der Waals surface area (Å²) in [7, 11) is 0. The summed E-state index contributed by atoms with van der Waals surface area (Å²) in [5, 5.41) is 1.27. The number of carbonyl (C=O) groups is 1. The number of primary amides is 1. The normalized spacial score (nSPS) is 16.4. The minimum Gasteiger partial charge on any atom is -0.369 e. The van der Waals surface area contributed by atoms with Crippen LogP contribution in [0, 0.1) is 5.92 Å². The van der Waals surface area contributed by atoms with Crippen LogP contribution in [0.15, 0.2) is 34.5 Å². The van der Waals surface area contributed by atoms with Gasteiger partial charge in [-0.3, -0.25) is 19.1 Å². The molecule has 0 saturated heterocycles. The van der Waals surface area contributed by atoms with Crippen molar-refractivity contribution in [3.05, 3.63) is 50.9 Å². The molecular weight excluding hydrogens is 380 g/mol. The molecule has 2 N–H and O–H groups in total. The van der Waals surface area contributed by atoms with Crippen LogP contribution in [0.5, 0.6) is 0 Å². The third-order valence-electron chi connectivity index (χ3n) is 4.79. The SMILES string of the molecule is CC1CCc2c(sc3nc(SCC(N)=O)n(Cc4cccnc4)c(=O)c23)C1. The number of thiophene rings is 1. The molecule has 0 fully saturated rings. The van der Waals surface area contributed by atoms with Crippen molar-refractivity contribution in [1.29, 1.82) is 0 Å². The third-order valence-corrected chi connectivity index (χ3v) is 6.93. The highest BCUT2D eigenvalue weighted by Crippen LogP contribution is 2.36. The molecule has 0 aliphatic heterocycles. The predicted molar refractivity (Wildman–Crippen MR) is 108 cm³/mol. The zero-order valence-corrected chi connectivity index (χ0v) is 16.6. The number of hydrogen-bond acceptors (Lipinski definition) is 6. The van der Waals surface area contributed by atoms with E-state index in [1.165, 1.54) is 16.6 Å². The first-order chi connectivity index (χ1) is 13.0. The van der Waals surface area contributed by atoms with Gasteiger partial charge in [0, 0.05) is 17.3 Å². The van der Waals surface area contributed by atoms with Crippen molar-refractivity contribution in [3.8, 4) is 0 Å². The molecule has 0 saturated carbocycles. The standard InChI is InChI=1S/C19H20N4O2S2/c1-11-4-5-13-14(7-11)27-17-16(13)18(25)23(9-12-3-2-6-21-8-12)19(22-17)26-10-15(20)24/h2-3,6,8,11H,4-5,7,9-10H2,1H3,(H2,20,24). The molecule has 0 bridgehead atoms. The number of pyridine rings is 1. The highest BCUT2D eigenvalue weighted by atomic mass is 32.2. The number of hydrogen-bond donors (Lipinski definition) is 1. The topological polar surface area (TPSA) is 90.9 Å². The maximum atomic E-state index is 13.4. The van der Waals surface area contributed by atoms with E-state index in [-0.39, 0.29) is 11.3 Å². The number of thioether (sulfide) groups is 1. The van der Waals surface area contributed by atoms with Crippen LogP contribution < -0.4 is 11.3 Å². The van der Waals surface area contributed by atoms with Crippen LogP contribution in [-0.2, 0) is 24.2 Å². The minimum absolute atomic E-state index is 0.0390. The van der Waals surface area contributed by atoms with E-state index in [1.807, 2.05) is 12.1 Å². The average Bonchev–Trinajstić information content (AvgIpc) is 3.00. The molecule has 27 heavy (non-hydrogen) atoms. The Labute approximate surface area is 164 Å². The van der Waals surface area contributed by atoms with E-state index in [0.29, 0.717) is 17.6 Å². The van der Waals surface area contributed by atoms with E-state index < -0.39 is 5.91 Å². The van der Waals surface area contributed by atoms with E-state index in [2.05, 4.69) is 11.9 Å². The Morgan fingerprint density at radius 3 is 3.07 bits per heavy atom. The molecule has 0 spiro atoms. The second-order valence-electron chi connectivity index (χ2n) is 6.93. The van der Waals surface area contributed by atoms with Gasteiger partial charge < -0.3 is 5.73 Å². The molecule has 6 nitrogen and oxygen atoms in total. The number of nitrogens with two attached hydrogens (primary N) is 1. The van der Waals surface area contributed by atoms with Crippen LogP contribution in [0.4, 0.5) is 0 Å². The largest absolute Gasteiger partial charge is 0.369 e. The number of aryl methyl sites for hydroxylation is 1. The van der Waals surface area contributed by atoms with Gasteiger partial charge in [-0.25, -0.2) is 4.98 Å². The van der Waals surface area contributed by atoms with E-state index in [9.17, 15) is 9.59 Å². The monoisotopic (exact) mass is 400 g/mol. The van der Waals surface area contributed by atoms with Gasteiger partial charge in [-0.05, 0) is 42.4 Å². The van der Waals surface area contributed by atoms with Gasteiger partial charge in [0.05, 0.1) is 17.7 Å². The van der Waals surface area contributed by atoms with Gasteiger partial charge in [-0.2, -0.15) is 0 Å². The highest BCUT2D eigenvalue weighted by molar-refractivity contribution is 7.99. The van der Waals surface area contributed by atoms with Gasteiger partial charge in [0.2, 0.25) is 5.91 Å². The fraction of sp³-hybridized carbons (Fsp3) is 0.368. The van der Waals surface area contributed by atoms with Gasteiger partial charge in [0.15, 0.2) is 5.16 Å². The number of aromatic nitrogens is 3. The fourth-order valence-electron chi connectivity index (χ4n) is 3.46. The summed E-state index contributed by atoms with van der Waals surface area (Å²) in [5.74, 6) is 0.293. The van der Waals surface area contributed by atoms with Crippen LogP contribution in [0.2, 0.25) is 0 Å². The Bertz CT molecular complexity index is 1060. The molecular formula is C19H20N4O2S2. The highest BCUT2D eigenvalue weighted by Gasteiger charge is 2.25. The lowest BCUT2D eigenvalue weighted by molar-refractivity contribution is -0.115. The van der Waals surface area contributed by atoms with E-state index in [1.54, 1.807) is 28.3 Å². The lowest BCUT2D eigenvalue weighted by Gasteiger charge is -2.17. The lowest BCUT2D eigenvalue weighted by atomic mass is 9.89. The first kappa shape index (κ1) is 18.2. The third kappa shape index (κ3) is 3.64.